The fourth-order valence-electron chi connectivity index (χ4n) is 2.83. The van der Waals surface area contributed by atoms with Gasteiger partial charge >= 0.3 is 0 Å². The van der Waals surface area contributed by atoms with Gasteiger partial charge < -0.3 is 0 Å². The molecule has 3 rings (SSSR count). The zero-order chi connectivity index (χ0) is 14.1. The van der Waals surface area contributed by atoms with Crippen molar-refractivity contribution in [2.45, 2.75) is 38.5 Å². The molecule has 0 unspecified atom stereocenters. The Balaban J connectivity index is 1.99. The van der Waals surface area contributed by atoms with E-state index in [-0.39, 0.29) is 5.78 Å². The second-order valence-electron chi connectivity index (χ2n) is 5.54. The molecule has 0 bridgehead atoms. The van der Waals surface area contributed by atoms with Gasteiger partial charge in [-0.05, 0) is 36.8 Å². The number of aryl methyl sites for hydroxylation is 2. The second-order valence-corrected chi connectivity index (χ2v) is 5.54. The molecular weight excluding hydrogens is 248 g/mol. The van der Waals surface area contributed by atoms with Gasteiger partial charge in [-0.15, -0.1) is 0 Å². The van der Waals surface area contributed by atoms with Crippen LogP contribution in [0.15, 0.2) is 30.3 Å². The topological polar surface area (TPSA) is 34.9 Å². The van der Waals surface area contributed by atoms with E-state index < -0.39 is 0 Å². The van der Waals surface area contributed by atoms with Crippen LogP contribution in [0.4, 0.5) is 0 Å². The number of rotatable bonds is 4. The number of hydrogen-bond acceptors (Lipinski definition) is 2. The third kappa shape index (κ3) is 2.17. The SMILES string of the molecule is CCc1cc(C(=O)c2ccccc2C2CCC2)n(C)n1. The van der Waals surface area contributed by atoms with Crippen LogP contribution in [0.5, 0.6) is 0 Å². The molecule has 3 nitrogen and oxygen atoms in total. The average Bonchev–Trinajstić information content (AvgIpc) is 2.78. The van der Waals surface area contributed by atoms with Gasteiger partial charge in [0.05, 0.1) is 5.69 Å². The third-order valence-corrected chi connectivity index (χ3v) is 4.28. The zero-order valence-corrected chi connectivity index (χ0v) is 12.1. The lowest BCUT2D eigenvalue weighted by Crippen LogP contribution is -2.16. The highest BCUT2D eigenvalue weighted by molar-refractivity contribution is 6.09. The van der Waals surface area contributed by atoms with Crippen molar-refractivity contribution in [3.8, 4) is 0 Å². The highest BCUT2D eigenvalue weighted by atomic mass is 16.1. The van der Waals surface area contributed by atoms with Gasteiger partial charge in [-0.25, -0.2) is 0 Å². The predicted molar refractivity (Wildman–Crippen MR) is 79.1 cm³/mol. The lowest BCUT2D eigenvalue weighted by Gasteiger charge is -2.27. The monoisotopic (exact) mass is 268 g/mol. The summed E-state index contributed by atoms with van der Waals surface area (Å²) in [6, 6.07) is 9.96. The van der Waals surface area contributed by atoms with Gasteiger partial charge in [-0.2, -0.15) is 5.10 Å². The van der Waals surface area contributed by atoms with Crippen LogP contribution in [0.1, 0.15) is 59.4 Å². The van der Waals surface area contributed by atoms with E-state index >= 15 is 0 Å². The van der Waals surface area contributed by atoms with Crippen LogP contribution >= 0.6 is 0 Å². The maximum atomic E-state index is 12.8. The summed E-state index contributed by atoms with van der Waals surface area (Å²) >= 11 is 0. The molecule has 3 heteroatoms. The maximum absolute atomic E-state index is 12.8. The largest absolute Gasteiger partial charge is 0.287 e. The van der Waals surface area contributed by atoms with Crippen LogP contribution in [0.3, 0.4) is 0 Å². The molecule has 104 valence electrons. The first-order valence-corrected chi connectivity index (χ1v) is 7.37. The van der Waals surface area contributed by atoms with Crippen LogP contribution in [0, 0.1) is 0 Å². The van der Waals surface area contributed by atoms with E-state index in [1.165, 1.54) is 24.8 Å². The summed E-state index contributed by atoms with van der Waals surface area (Å²) in [4.78, 5) is 12.8. The highest BCUT2D eigenvalue weighted by Crippen LogP contribution is 2.38. The van der Waals surface area contributed by atoms with Gasteiger partial charge in [0.15, 0.2) is 0 Å². The summed E-state index contributed by atoms with van der Waals surface area (Å²) in [6.45, 7) is 2.05. The standard InChI is InChI=1S/C17H20N2O/c1-3-13-11-16(19(2)18-13)17(20)15-10-5-4-9-14(15)12-7-6-8-12/h4-5,9-12H,3,6-8H2,1-2H3. The minimum atomic E-state index is 0.0993. The Morgan fingerprint density at radius 2 is 2.10 bits per heavy atom. The molecule has 0 aliphatic heterocycles. The number of carbonyl (C=O) groups excluding carboxylic acids is 1. The molecule has 0 saturated heterocycles. The van der Waals surface area contributed by atoms with E-state index in [9.17, 15) is 4.79 Å². The minimum Gasteiger partial charge on any atom is -0.287 e. The van der Waals surface area contributed by atoms with Crippen molar-refractivity contribution in [3.05, 3.63) is 52.8 Å². The molecule has 1 aromatic carbocycles. The van der Waals surface area contributed by atoms with Gasteiger partial charge in [0.25, 0.3) is 0 Å². The smallest absolute Gasteiger partial charge is 0.211 e. The minimum absolute atomic E-state index is 0.0993. The number of carbonyl (C=O) groups is 1. The summed E-state index contributed by atoms with van der Waals surface area (Å²) in [5.41, 5.74) is 3.72. The molecule has 20 heavy (non-hydrogen) atoms. The van der Waals surface area contributed by atoms with E-state index in [1.807, 2.05) is 31.3 Å². The molecule has 0 radical (unpaired) electrons. The van der Waals surface area contributed by atoms with Crippen molar-refractivity contribution in [1.29, 1.82) is 0 Å². The van der Waals surface area contributed by atoms with Crippen LogP contribution in [0.25, 0.3) is 0 Å². The van der Waals surface area contributed by atoms with E-state index in [1.54, 1.807) is 4.68 Å². The summed E-state index contributed by atoms with van der Waals surface area (Å²) < 4.78 is 1.71. The Labute approximate surface area is 119 Å². The molecule has 1 fully saturated rings. The van der Waals surface area contributed by atoms with E-state index in [0.717, 1.165) is 17.7 Å². The summed E-state index contributed by atoms with van der Waals surface area (Å²) in [6.07, 6.45) is 4.54. The third-order valence-electron chi connectivity index (χ3n) is 4.28. The zero-order valence-electron chi connectivity index (χ0n) is 12.1. The van der Waals surface area contributed by atoms with Gasteiger partial charge in [-0.3, -0.25) is 9.48 Å². The van der Waals surface area contributed by atoms with Crippen molar-refractivity contribution in [2.75, 3.05) is 0 Å². The van der Waals surface area contributed by atoms with E-state index in [0.29, 0.717) is 11.6 Å². The quantitative estimate of drug-likeness (QED) is 0.796. The molecule has 1 heterocycles. The van der Waals surface area contributed by atoms with Crippen molar-refractivity contribution in [1.82, 2.24) is 9.78 Å². The number of hydrogen-bond donors (Lipinski definition) is 0. The lowest BCUT2D eigenvalue weighted by atomic mass is 9.77. The van der Waals surface area contributed by atoms with Gasteiger partial charge in [0.2, 0.25) is 5.78 Å². The maximum Gasteiger partial charge on any atom is 0.211 e. The van der Waals surface area contributed by atoms with E-state index in [2.05, 4.69) is 18.1 Å². The van der Waals surface area contributed by atoms with Gasteiger partial charge in [0, 0.05) is 12.6 Å². The molecule has 0 N–H and O–H groups in total. The van der Waals surface area contributed by atoms with Crippen LogP contribution in [-0.4, -0.2) is 15.6 Å². The van der Waals surface area contributed by atoms with Crippen LogP contribution in [-0.2, 0) is 13.5 Å². The Morgan fingerprint density at radius 1 is 1.35 bits per heavy atom. The fraction of sp³-hybridized carbons (Fsp3) is 0.412. The number of nitrogens with zero attached hydrogens (tertiary/aromatic N) is 2. The molecule has 1 aliphatic carbocycles. The molecular formula is C17H20N2O. The number of aromatic nitrogens is 2. The van der Waals surface area contributed by atoms with Crippen molar-refractivity contribution in [3.63, 3.8) is 0 Å². The molecule has 1 aliphatic rings. The number of ketones is 1. The van der Waals surface area contributed by atoms with Crippen LogP contribution < -0.4 is 0 Å². The van der Waals surface area contributed by atoms with Gasteiger partial charge in [0.1, 0.15) is 5.69 Å². The molecule has 0 atom stereocenters. The first kappa shape index (κ1) is 13.1. The Hall–Kier alpha value is -1.90. The van der Waals surface area contributed by atoms with Crippen molar-refractivity contribution < 1.29 is 4.79 Å². The Kier molecular flexibility index (Phi) is 3.43. The van der Waals surface area contributed by atoms with Crippen molar-refractivity contribution in [2.24, 2.45) is 7.05 Å². The fourth-order valence-corrected chi connectivity index (χ4v) is 2.83. The van der Waals surface area contributed by atoms with E-state index in [4.69, 9.17) is 0 Å². The Bertz CT molecular complexity index is 638. The molecule has 0 spiro atoms. The van der Waals surface area contributed by atoms with Crippen molar-refractivity contribution >= 4 is 5.78 Å². The first-order chi connectivity index (χ1) is 9.70. The molecule has 1 saturated carbocycles. The highest BCUT2D eigenvalue weighted by Gasteiger charge is 2.25. The van der Waals surface area contributed by atoms with Crippen LogP contribution in [0.2, 0.25) is 0 Å². The Morgan fingerprint density at radius 3 is 2.70 bits per heavy atom. The second kappa shape index (κ2) is 5.23. The predicted octanol–water partition coefficient (Wildman–Crippen LogP) is 3.48. The first-order valence-electron chi connectivity index (χ1n) is 7.37. The molecule has 1 aromatic heterocycles. The summed E-state index contributed by atoms with van der Waals surface area (Å²) in [7, 11) is 1.85. The normalized spacial score (nSPS) is 15.1. The molecule has 0 amide bonds. The summed E-state index contributed by atoms with van der Waals surface area (Å²) in [5.74, 6) is 0.663. The summed E-state index contributed by atoms with van der Waals surface area (Å²) in [5, 5.41) is 4.38. The number of benzene rings is 1. The average molecular weight is 268 g/mol. The molecule has 2 aromatic rings. The lowest BCUT2D eigenvalue weighted by molar-refractivity contribution is 0.102. The van der Waals surface area contributed by atoms with Gasteiger partial charge in [-0.1, -0.05) is 37.6 Å².